The summed E-state index contributed by atoms with van der Waals surface area (Å²) in [6.45, 7) is 3.80. The summed E-state index contributed by atoms with van der Waals surface area (Å²) in [6, 6.07) is 0. The average Bonchev–Trinajstić information content (AvgIpc) is 2.68. The molecular weight excluding hydrogens is 180 g/mol. The molecule has 2 unspecified atom stereocenters. The lowest BCUT2D eigenvalue weighted by atomic mass is 10.1. The van der Waals surface area contributed by atoms with Gasteiger partial charge in [0.05, 0.1) is 6.10 Å². The van der Waals surface area contributed by atoms with Gasteiger partial charge in [0.25, 0.3) is 0 Å². The first-order valence-electron chi connectivity index (χ1n) is 5.21. The standard InChI is InChI=1S/C10H20N2O2/c1-8(6-11)10(13)12(2)7-9-4-3-5-14-9/h8-9H,3-7,11H2,1-2H3. The maximum Gasteiger partial charge on any atom is 0.226 e. The summed E-state index contributed by atoms with van der Waals surface area (Å²) in [6.07, 6.45) is 2.40. The lowest BCUT2D eigenvalue weighted by Crippen LogP contribution is -2.39. The van der Waals surface area contributed by atoms with Crippen LogP contribution in [0.1, 0.15) is 19.8 Å². The largest absolute Gasteiger partial charge is 0.376 e. The predicted molar refractivity (Wildman–Crippen MR) is 54.8 cm³/mol. The Morgan fingerprint density at radius 3 is 2.93 bits per heavy atom. The molecule has 0 aromatic carbocycles. The highest BCUT2D eigenvalue weighted by Crippen LogP contribution is 2.13. The van der Waals surface area contributed by atoms with E-state index in [1.165, 1.54) is 0 Å². The molecule has 1 saturated heterocycles. The maximum atomic E-state index is 11.7. The second-order valence-electron chi connectivity index (χ2n) is 3.99. The van der Waals surface area contributed by atoms with Crippen molar-refractivity contribution in [2.45, 2.75) is 25.9 Å². The topological polar surface area (TPSA) is 55.6 Å². The molecule has 0 aromatic heterocycles. The van der Waals surface area contributed by atoms with Crippen LogP contribution in [0.25, 0.3) is 0 Å². The Hall–Kier alpha value is -0.610. The third kappa shape index (κ3) is 2.96. The van der Waals surface area contributed by atoms with Gasteiger partial charge in [0.1, 0.15) is 0 Å². The minimum atomic E-state index is -0.0820. The van der Waals surface area contributed by atoms with Gasteiger partial charge in [-0.1, -0.05) is 6.92 Å². The first-order valence-corrected chi connectivity index (χ1v) is 5.21. The predicted octanol–water partition coefficient (Wildman–Crippen LogP) is 0.219. The Balaban J connectivity index is 2.32. The quantitative estimate of drug-likeness (QED) is 0.706. The van der Waals surface area contributed by atoms with Crippen LogP contribution in [0.5, 0.6) is 0 Å². The van der Waals surface area contributed by atoms with Gasteiger partial charge in [-0.2, -0.15) is 0 Å². The lowest BCUT2D eigenvalue weighted by molar-refractivity contribution is -0.134. The summed E-state index contributed by atoms with van der Waals surface area (Å²) in [5, 5.41) is 0. The minimum absolute atomic E-state index is 0.0820. The van der Waals surface area contributed by atoms with Gasteiger partial charge in [-0.25, -0.2) is 0 Å². The normalized spacial score (nSPS) is 23.5. The summed E-state index contributed by atoms with van der Waals surface area (Å²) >= 11 is 0. The molecule has 0 radical (unpaired) electrons. The third-order valence-corrected chi connectivity index (χ3v) is 2.65. The molecule has 4 nitrogen and oxygen atoms in total. The zero-order valence-electron chi connectivity index (χ0n) is 9.03. The molecule has 1 rings (SSSR count). The van der Waals surface area contributed by atoms with Crippen LogP contribution in [0.3, 0.4) is 0 Å². The van der Waals surface area contributed by atoms with Crippen LogP contribution in [0, 0.1) is 5.92 Å². The van der Waals surface area contributed by atoms with Gasteiger partial charge in [-0.05, 0) is 12.8 Å². The summed E-state index contributed by atoms with van der Waals surface area (Å²) in [5.74, 6) is 0.0319. The van der Waals surface area contributed by atoms with Crippen molar-refractivity contribution in [1.82, 2.24) is 4.90 Å². The molecule has 0 saturated carbocycles. The van der Waals surface area contributed by atoms with Crippen LogP contribution in [-0.4, -0.2) is 43.7 Å². The average molecular weight is 200 g/mol. The summed E-state index contributed by atoms with van der Waals surface area (Å²) in [7, 11) is 1.82. The second-order valence-corrected chi connectivity index (χ2v) is 3.99. The van der Waals surface area contributed by atoms with Gasteiger partial charge < -0.3 is 15.4 Å². The van der Waals surface area contributed by atoms with Crippen molar-refractivity contribution in [2.75, 3.05) is 26.7 Å². The van der Waals surface area contributed by atoms with Gasteiger partial charge in [-0.3, -0.25) is 4.79 Å². The van der Waals surface area contributed by atoms with Crippen molar-refractivity contribution in [2.24, 2.45) is 11.7 Å². The number of carbonyl (C=O) groups excluding carboxylic acids is 1. The molecule has 1 amide bonds. The Morgan fingerprint density at radius 2 is 2.43 bits per heavy atom. The van der Waals surface area contributed by atoms with Crippen molar-refractivity contribution in [3.63, 3.8) is 0 Å². The smallest absolute Gasteiger partial charge is 0.226 e. The number of rotatable bonds is 4. The molecule has 1 aliphatic rings. The molecule has 2 atom stereocenters. The zero-order valence-corrected chi connectivity index (χ0v) is 9.03. The van der Waals surface area contributed by atoms with E-state index in [-0.39, 0.29) is 17.9 Å². The zero-order chi connectivity index (χ0) is 10.6. The molecule has 1 fully saturated rings. The first-order chi connectivity index (χ1) is 6.65. The van der Waals surface area contributed by atoms with E-state index in [2.05, 4.69) is 0 Å². The highest BCUT2D eigenvalue weighted by Gasteiger charge is 2.22. The number of carbonyl (C=O) groups is 1. The van der Waals surface area contributed by atoms with E-state index in [1.807, 2.05) is 14.0 Å². The molecule has 1 aliphatic heterocycles. The molecule has 2 N–H and O–H groups in total. The Bertz CT molecular complexity index is 191. The van der Waals surface area contributed by atoms with Gasteiger partial charge in [-0.15, -0.1) is 0 Å². The van der Waals surface area contributed by atoms with Crippen LogP contribution >= 0.6 is 0 Å². The number of hydrogen-bond donors (Lipinski definition) is 1. The third-order valence-electron chi connectivity index (χ3n) is 2.65. The van der Waals surface area contributed by atoms with Gasteiger partial charge in [0.15, 0.2) is 0 Å². The second kappa shape index (κ2) is 5.32. The van der Waals surface area contributed by atoms with E-state index in [0.29, 0.717) is 13.1 Å². The Kier molecular flexibility index (Phi) is 4.35. The number of amides is 1. The molecular formula is C10H20N2O2. The van der Waals surface area contributed by atoms with Crippen LogP contribution < -0.4 is 5.73 Å². The number of nitrogens with two attached hydrogens (primary N) is 1. The van der Waals surface area contributed by atoms with Crippen molar-refractivity contribution in [1.29, 1.82) is 0 Å². The number of nitrogens with zero attached hydrogens (tertiary/aromatic N) is 1. The van der Waals surface area contributed by atoms with Crippen molar-refractivity contribution in [3.8, 4) is 0 Å². The van der Waals surface area contributed by atoms with Crippen LogP contribution in [-0.2, 0) is 9.53 Å². The van der Waals surface area contributed by atoms with E-state index in [1.54, 1.807) is 4.90 Å². The molecule has 1 heterocycles. The van der Waals surface area contributed by atoms with Crippen LogP contribution in [0.4, 0.5) is 0 Å². The molecule has 0 aromatic rings. The van der Waals surface area contributed by atoms with E-state index >= 15 is 0 Å². The summed E-state index contributed by atoms with van der Waals surface area (Å²) < 4.78 is 5.46. The van der Waals surface area contributed by atoms with E-state index in [4.69, 9.17) is 10.5 Å². The number of ether oxygens (including phenoxy) is 1. The highest BCUT2D eigenvalue weighted by atomic mass is 16.5. The van der Waals surface area contributed by atoms with E-state index in [9.17, 15) is 4.79 Å². The van der Waals surface area contributed by atoms with Crippen LogP contribution in [0.15, 0.2) is 0 Å². The van der Waals surface area contributed by atoms with Gasteiger partial charge in [0.2, 0.25) is 5.91 Å². The highest BCUT2D eigenvalue weighted by molar-refractivity contribution is 5.78. The van der Waals surface area contributed by atoms with Gasteiger partial charge in [0, 0.05) is 32.7 Å². The monoisotopic (exact) mass is 200 g/mol. The first kappa shape index (κ1) is 11.5. The molecule has 0 aliphatic carbocycles. The van der Waals surface area contributed by atoms with Crippen LogP contribution in [0.2, 0.25) is 0 Å². The molecule has 0 bridgehead atoms. The fourth-order valence-electron chi connectivity index (χ4n) is 1.66. The lowest BCUT2D eigenvalue weighted by Gasteiger charge is -2.23. The fourth-order valence-corrected chi connectivity index (χ4v) is 1.66. The Morgan fingerprint density at radius 1 is 1.71 bits per heavy atom. The summed E-state index contributed by atoms with van der Waals surface area (Å²) in [4.78, 5) is 13.4. The van der Waals surface area contributed by atoms with E-state index in [0.717, 1.165) is 19.4 Å². The molecule has 14 heavy (non-hydrogen) atoms. The number of likely N-dealkylation sites (N-methyl/N-ethyl adjacent to an activating group) is 1. The van der Waals surface area contributed by atoms with Crippen molar-refractivity contribution in [3.05, 3.63) is 0 Å². The van der Waals surface area contributed by atoms with E-state index < -0.39 is 0 Å². The van der Waals surface area contributed by atoms with Crippen molar-refractivity contribution < 1.29 is 9.53 Å². The molecule has 82 valence electrons. The number of hydrogen-bond acceptors (Lipinski definition) is 3. The fraction of sp³-hybridized carbons (Fsp3) is 0.900. The van der Waals surface area contributed by atoms with Crippen molar-refractivity contribution >= 4 is 5.91 Å². The maximum absolute atomic E-state index is 11.7. The molecule has 0 spiro atoms. The SMILES string of the molecule is CC(CN)C(=O)N(C)CC1CCCO1. The minimum Gasteiger partial charge on any atom is -0.376 e. The molecule has 4 heteroatoms. The Labute approximate surface area is 85.4 Å². The van der Waals surface area contributed by atoms with Gasteiger partial charge >= 0.3 is 0 Å². The summed E-state index contributed by atoms with van der Waals surface area (Å²) in [5.41, 5.74) is 5.44.